The molecule has 0 saturated heterocycles. The molecule has 0 aliphatic heterocycles. The maximum absolute atomic E-state index is 10.9. The quantitative estimate of drug-likeness (QED) is 0.776. The van der Waals surface area contributed by atoms with Crippen molar-refractivity contribution in [3.8, 4) is 0 Å². The van der Waals surface area contributed by atoms with Crippen molar-refractivity contribution in [1.29, 1.82) is 0 Å². The van der Waals surface area contributed by atoms with E-state index in [0.717, 1.165) is 11.0 Å². The van der Waals surface area contributed by atoms with Gasteiger partial charge in [-0.3, -0.25) is 0 Å². The Morgan fingerprint density at radius 2 is 2.24 bits per heavy atom. The molecule has 0 aromatic carbocycles. The predicted octanol–water partition coefficient (Wildman–Crippen LogP) is 1.53. The third kappa shape index (κ3) is 4.89. The largest absolute Gasteiger partial charge is 0.477 e. The van der Waals surface area contributed by atoms with Crippen molar-refractivity contribution >= 4 is 21.9 Å². The second-order valence-corrected chi connectivity index (χ2v) is 4.87. The molecule has 1 N–H and O–H groups in total. The zero-order valence-electron chi connectivity index (χ0n) is 10.0. The van der Waals surface area contributed by atoms with Gasteiger partial charge >= 0.3 is 5.97 Å². The Kier molecular flexibility index (Phi) is 5.67. The molecule has 17 heavy (non-hydrogen) atoms. The second kappa shape index (κ2) is 6.78. The molecule has 0 fully saturated rings. The molecule has 1 aromatic rings. The monoisotopic (exact) mass is 304 g/mol. The van der Waals surface area contributed by atoms with Gasteiger partial charge in [0.2, 0.25) is 0 Å². The molecule has 0 atom stereocenters. The van der Waals surface area contributed by atoms with E-state index >= 15 is 0 Å². The van der Waals surface area contributed by atoms with Gasteiger partial charge in [0.1, 0.15) is 5.69 Å². The van der Waals surface area contributed by atoms with Crippen LogP contribution in [0.4, 0.5) is 0 Å². The van der Waals surface area contributed by atoms with Gasteiger partial charge in [-0.25, -0.2) is 4.79 Å². The zero-order chi connectivity index (χ0) is 12.8. The lowest BCUT2D eigenvalue weighted by Crippen LogP contribution is -2.19. The van der Waals surface area contributed by atoms with Crippen LogP contribution in [0.3, 0.4) is 0 Å². The van der Waals surface area contributed by atoms with Crippen LogP contribution in [-0.2, 0) is 11.3 Å². The Morgan fingerprint density at radius 3 is 2.82 bits per heavy atom. The number of nitrogens with zero attached hydrogens (tertiary/aromatic N) is 2. The molecule has 0 aliphatic carbocycles. The number of aromatic nitrogens is 1. The fourth-order valence-corrected chi connectivity index (χ4v) is 1.81. The van der Waals surface area contributed by atoms with Crippen LogP contribution in [0.2, 0.25) is 0 Å². The maximum Gasteiger partial charge on any atom is 0.352 e. The van der Waals surface area contributed by atoms with Gasteiger partial charge in [-0.05, 0) is 36.1 Å². The second-order valence-electron chi connectivity index (χ2n) is 3.96. The Hall–Kier alpha value is -0.850. The number of halogens is 1. The Labute approximate surface area is 109 Å². The van der Waals surface area contributed by atoms with E-state index in [1.165, 1.54) is 0 Å². The summed E-state index contributed by atoms with van der Waals surface area (Å²) in [6.07, 6.45) is 1.75. The van der Waals surface area contributed by atoms with Crippen LogP contribution in [0.15, 0.2) is 16.7 Å². The first kappa shape index (κ1) is 14.2. The van der Waals surface area contributed by atoms with Crippen LogP contribution in [0.1, 0.15) is 10.5 Å². The average molecular weight is 305 g/mol. The highest BCUT2D eigenvalue weighted by Gasteiger charge is 2.10. The number of carboxylic acids is 1. The van der Waals surface area contributed by atoms with Crippen molar-refractivity contribution in [3.63, 3.8) is 0 Å². The maximum atomic E-state index is 10.9. The highest BCUT2D eigenvalue weighted by Crippen LogP contribution is 2.14. The number of hydrogen-bond acceptors (Lipinski definition) is 3. The summed E-state index contributed by atoms with van der Waals surface area (Å²) in [5.41, 5.74) is 0.271. The highest BCUT2D eigenvalue weighted by molar-refractivity contribution is 9.10. The van der Waals surface area contributed by atoms with E-state index in [2.05, 4.69) is 15.9 Å². The first-order chi connectivity index (χ1) is 8.00. The van der Waals surface area contributed by atoms with Crippen molar-refractivity contribution in [2.75, 3.05) is 33.9 Å². The topological polar surface area (TPSA) is 54.7 Å². The molecule has 0 spiro atoms. The van der Waals surface area contributed by atoms with E-state index in [1.54, 1.807) is 16.8 Å². The first-order valence-corrected chi connectivity index (χ1v) is 6.11. The van der Waals surface area contributed by atoms with Crippen LogP contribution in [0.5, 0.6) is 0 Å². The first-order valence-electron chi connectivity index (χ1n) is 5.32. The normalized spacial score (nSPS) is 11.1. The summed E-state index contributed by atoms with van der Waals surface area (Å²) in [6, 6.07) is 1.59. The summed E-state index contributed by atoms with van der Waals surface area (Å²) in [5, 5.41) is 8.97. The van der Waals surface area contributed by atoms with Crippen molar-refractivity contribution in [2.45, 2.75) is 6.54 Å². The summed E-state index contributed by atoms with van der Waals surface area (Å²) in [4.78, 5) is 13.0. The standard InChI is InChI=1S/C11H17BrN2O3/c1-13(2)3-5-17-6-4-14-8-9(12)7-10(14)11(15)16/h7-8H,3-6H2,1-2H3,(H,15,16). The molecule has 0 saturated carbocycles. The third-order valence-electron chi connectivity index (χ3n) is 2.24. The number of likely N-dealkylation sites (N-methyl/N-ethyl adjacent to an activating group) is 1. The predicted molar refractivity (Wildman–Crippen MR) is 68.5 cm³/mol. The minimum absolute atomic E-state index is 0.271. The van der Waals surface area contributed by atoms with E-state index < -0.39 is 5.97 Å². The summed E-state index contributed by atoms with van der Waals surface area (Å²) >= 11 is 3.26. The average Bonchev–Trinajstić information content (AvgIpc) is 2.59. The molecule has 1 heterocycles. The molecule has 0 bridgehead atoms. The van der Waals surface area contributed by atoms with Gasteiger partial charge in [0.05, 0.1) is 13.2 Å². The molecule has 0 amide bonds. The van der Waals surface area contributed by atoms with E-state index in [9.17, 15) is 4.79 Å². The summed E-state index contributed by atoms with van der Waals surface area (Å²) in [6.45, 7) is 2.56. The summed E-state index contributed by atoms with van der Waals surface area (Å²) in [5.74, 6) is -0.927. The van der Waals surface area contributed by atoms with Crippen LogP contribution in [-0.4, -0.2) is 54.4 Å². The van der Waals surface area contributed by atoms with E-state index in [1.807, 2.05) is 19.0 Å². The van der Waals surface area contributed by atoms with Crippen LogP contribution >= 0.6 is 15.9 Å². The van der Waals surface area contributed by atoms with Crippen LogP contribution in [0, 0.1) is 0 Å². The van der Waals surface area contributed by atoms with Gasteiger partial charge in [-0.2, -0.15) is 0 Å². The molecule has 1 aromatic heterocycles. The van der Waals surface area contributed by atoms with E-state index in [0.29, 0.717) is 19.8 Å². The Morgan fingerprint density at radius 1 is 1.53 bits per heavy atom. The molecule has 5 nitrogen and oxygen atoms in total. The molecular weight excluding hydrogens is 288 g/mol. The van der Waals surface area contributed by atoms with Crippen LogP contribution in [0.25, 0.3) is 0 Å². The molecule has 1 rings (SSSR count). The molecule has 0 unspecified atom stereocenters. The zero-order valence-corrected chi connectivity index (χ0v) is 11.6. The summed E-state index contributed by atoms with van der Waals surface area (Å²) < 4.78 is 7.86. The Balaban J connectivity index is 2.38. The van der Waals surface area contributed by atoms with Gasteiger partial charge in [-0.1, -0.05) is 0 Å². The fourth-order valence-electron chi connectivity index (χ4n) is 1.35. The van der Waals surface area contributed by atoms with Crippen molar-refractivity contribution < 1.29 is 14.6 Å². The van der Waals surface area contributed by atoms with E-state index in [4.69, 9.17) is 9.84 Å². The van der Waals surface area contributed by atoms with Crippen molar-refractivity contribution in [3.05, 3.63) is 22.4 Å². The third-order valence-corrected chi connectivity index (χ3v) is 2.68. The smallest absolute Gasteiger partial charge is 0.352 e. The SMILES string of the molecule is CN(C)CCOCCn1cc(Br)cc1C(=O)O. The van der Waals surface area contributed by atoms with Crippen LogP contribution < -0.4 is 0 Å². The minimum Gasteiger partial charge on any atom is -0.477 e. The molecular formula is C11H17BrN2O3. The van der Waals surface area contributed by atoms with Gasteiger partial charge < -0.3 is 19.3 Å². The molecule has 0 aliphatic rings. The highest BCUT2D eigenvalue weighted by atomic mass is 79.9. The lowest BCUT2D eigenvalue weighted by Gasteiger charge is -2.10. The molecule has 96 valence electrons. The number of ether oxygens (including phenoxy) is 1. The summed E-state index contributed by atoms with van der Waals surface area (Å²) in [7, 11) is 3.96. The van der Waals surface area contributed by atoms with E-state index in [-0.39, 0.29) is 5.69 Å². The molecule has 0 radical (unpaired) electrons. The number of carboxylic acid groups (broad SMARTS) is 1. The number of rotatable bonds is 7. The van der Waals surface area contributed by atoms with Crippen molar-refractivity contribution in [2.24, 2.45) is 0 Å². The number of carbonyl (C=O) groups is 1. The fraction of sp³-hybridized carbons (Fsp3) is 0.545. The lowest BCUT2D eigenvalue weighted by atomic mass is 10.4. The minimum atomic E-state index is -0.927. The Bertz CT molecular complexity index is 377. The van der Waals surface area contributed by atoms with Gasteiger partial charge in [0.25, 0.3) is 0 Å². The van der Waals surface area contributed by atoms with Gasteiger partial charge in [-0.15, -0.1) is 0 Å². The van der Waals surface area contributed by atoms with Gasteiger partial charge in [0, 0.05) is 23.8 Å². The number of hydrogen-bond donors (Lipinski definition) is 1. The molecule has 6 heteroatoms. The lowest BCUT2D eigenvalue weighted by molar-refractivity contribution is 0.0679. The van der Waals surface area contributed by atoms with Gasteiger partial charge in [0.15, 0.2) is 0 Å². The van der Waals surface area contributed by atoms with Crippen molar-refractivity contribution in [1.82, 2.24) is 9.47 Å². The number of aromatic carboxylic acids is 1.